The van der Waals surface area contributed by atoms with Crippen LogP contribution in [0.4, 0.5) is 28.4 Å². The number of nitrogens with two attached hydrogens (primary N) is 1. The lowest BCUT2D eigenvalue weighted by molar-refractivity contribution is 0.481. The smallest absolute Gasteiger partial charge is 0.295 e. The molecule has 0 spiro atoms. The Morgan fingerprint density at radius 1 is 0.447 bits per heavy atom. The quantitative estimate of drug-likeness (QED) is 0.0739. The van der Waals surface area contributed by atoms with Crippen molar-refractivity contribution in [3.63, 3.8) is 0 Å². The molecule has 0 aliphatic heterocycles. The van der Waals surface area contributed by atoms with Crippen LogP contribution in [0.2, 0.25) is 0 Å². The molecule has 5 N–H and O–H groups in total. The molecule has 0 saturated heterocycles. The summed E-state index contributed by atoms with van der Waals surface area (Å²) in [4.78, 5) is -1.53. The van der Waals surface area contributed by atoms with Crippen molar-refractivity contribution in [3.8, 4) is 0 Å². The van der Waals surface area contributed by atoms with Crippen molar-refractivity contribution < 1.29 is 38.9 Å². The van der Waals surface area contributed by atoms with Crippen LogP contribution in [0.25, 0.3) is 32.3 Å². The van der Waals surface area contributed by atoms with Gasteiger partial charge in [0.05, 0.1) is 27.6 Å². The number of rotatable bonds is 7. The van der Waals surface area contributed by atoms with Crippen LogP contribution in [0.1, 0.15) is 0 Å². The highest BCUT2D eigenvalue weighted by atomic mass is 32.2. The molecule has 17 heteroatoms. The molecule has 0 aliphatic rings. The lowest BCUT2D eigenvalue weighted by atomic mass is 10.1. The second-order valence-corrected chi connectivity index (χ2v) is 14.4. The minimum atomic E-state index is -4.84. The Balaban J connectivity index is 1.42. The molecule has 0 bridgehead atoms. The van der Waals surface area contributed by atoms with E-state index in [0.717, 1.165) is 12.1 Å². The first kappa shape index (κ1) is 31.8. The molecule has 0 heterocycles. The van der Waals surface area contributed by atoms with Crippen molar-refractivity contribution in [2.45, 2.75) is 14.7 Å². The predicted molar refractivity (Wildman–Crippen MR) is 174 cm³/mol. The van der Waals surface area contributed by atoms with E-state index in [9.17, 15) is 38.9 Å². The van der Waals surface area contributed by atoms with E-state index in [1.165, 1.54) is 42.5 Å². The molecule has 0 aliphatic carbocycles. The summed E-state index contributed by atoms with van der Waals surface area (Å²) >= 11 is 0. The minimum Gasteiger partial charge on any atom is -0.398 e. The zero-order valence-electron chi connectivity index (χ0n) is 23.6. The lowest BCUT2D eigenvalue weighted by Crippen LogP contribution is -2.03. The molecule has 0 radical (unpaired) electrons. The number of fused-ring (bicyclic) bond motifs is 3. The molecule has 0 atom stereocenters. The highest BCUT2D eigenvalue weighted by molar-refractivity contribution is 7.86. The van der Waals surface area contributed by atoms with Gasteiger partial charge in [0.25, 0.3) is 30.4 Å². The highest BCUT2D eigenvalue weighted by Crippen LogP contribution is 2.38. The van der Waals surface area contributed by atoms with Gasteiger partial charge in [-0.1, -0.05) is 42.5 Å². The van der Waals surface area contributed by atoms with Gasteiger partial charge in [0.1, 0.15) is 9.79 Å². The fraction of sp³-hybridized carbons (Fsp3) is 0. The van der Waals surface area contributed by atoms with Gasteiger partial charge in [-0.15, -0.1) is 15.3 Å². The zero-order valence-corrected chi connectivity index (χ0v) is 26.1. The number of nitrogen functional groups attached to an aromatic ring is 1. The second kappa shape index (κ2) is 11.6. The maximum absolute atomic E-state index is 12.2. The fourth-order valence-corrected chi connectivity index (χ4v) is 6.98. The summed E-state index contributed by atoms with van der Waals surface area (Å²) in [5.41, 5.74) is 7.32. The Labute approximate surface area is 267 Å². The van der Waals surface area contributed by atoms with E-state index in [4.69, 9.17) is 5.73 Å². The SMILES string of the molecule is Nc1ccc(N=Nc2ccc(N=Nc3cc(S(=O)(=O)O)c4cccc(S(=O)(=O)O)c4c3)c3ccccc23)c2ccc(S(=O)(=O)O)cc12. The summed E-state index contributed by atoms with van der Waals surface area (Å²) in [6.07, 6.45) is 0. The van der Waals surface area contributed by atoms with Crippen LogP contribution < -0.4 is 5.73 Å². The number of azo groups is 2. The summed E-state index contributed by atoms with van der Waals surface area (Å²) in [6, 6.07) is 23.1. The van der Waals surface area contributed by atoms with Crippen LogP contribution in [0, 0.1) is 0 Å². The van der Waals surface area contributed by atoms with E-state index in [-0.39, 0.29) is 27.0 Å². The maximum Gasteiger partial charge on any atom is 0.295 e. The van der Waals surface area contributed by atoms with Crippen LogP contribution in [0.5, 0.6) is 0 Å². The van der Waals surface area contributed by atoms with Crippen molar-refractivity contribution in [3.05, 3.63) is 97.1 Å². The molecule has 238 valence electrons. The van der Waals surface area contributed by atoms with Gasteiger partial charge in [-0.3, -0.25) is 13.7 Å². The molecule has 0 aromatic heterocycles. The van der Waals surface area contributed by atoms with Crippen molar-refractivity contribution in [2.24, 2.45) is 20.5 Å². The Morgan fingerprint density at radius 3 is 1.55 bits per heavy atom. The molecular formula is C30H21N5O9S3. The van der Waals surface area contributed by atoms with Crippen molar-refractivity contribution in [1.29, 1.82) is 0 Å². The Bertz CT molecular complexity index is 2680. The topological polar surface area (TPSA) is 239 Å². The van der Waals surface area contributed by atoms with E-state index < -0.39 is 40.1 Å². The molecule has 0 unspecified atom stereocenters. The molecule has 0 fully saturated rings. The monoisotopic (exact) mass is 691 g/mol. The van der Waals surface area contributed by atoms with Gasteiger partial charge in [0.2, 0.25) is 0 Å². The van der Waals surface area contributed by atoms with Crippen LogP contribution in [-0.4, -0.2) is 38.9 Å². The first-order chi connectivity index (χ1) is 22.1. The molecule has 6 rings (SSSR count). The summed E-state index contributed by atoms with van der Waals surface area (Å²) in [6.45, 7) is 0. The molecule has 6 aromatic carbocycles. The molecule has 6 aromatic rings. The Morgan fingerprint density at radius 2 is 0.979 bits per heavy atom. The van der Waals surface area contributed by atoms with Gasteiger partial charge in [-0.25, -0.2) is 0 Å². The minimum absolute atomic E-state index is 0.124. The van der Waals surface area contributed by atoms with Crippen molar-refractivity contribution >= 4 is 91.1 Å². The highest BCUT2D eigenvalue weighted by Gasteiger charge is 2.21. The van der Waals surface area contributed by atoms with Gasteiger partial charge in [-0.05, 0) is 54.6 Å². The van der Waals surface area contributed by atoms with E-state index in [1.54, 1.807) is 42.5 Å². The maximum atomic E-state index is 12.2. The molecule has 47 heavy (non-hydrogen) atoms. The third-order valence-corrected chi connectivity index (χ3v) is 9.83. The number of anilines is 1. The normalized spacial score (nSPS) is 13.0. The van der Waals surface area contributed by atoms with E-state index in [2.05, 4.69) is 20.5 Å². The molecule has 0 amide bonds. The third kappa shape index (κ3) is 6.30. The number of hydrogen-bond acceptors (Lipinski definition) is 11. The molecular weight excluding hydrogens is 671 g/mol. The van der Waals surface area contributed by atoms with Crippen molar-refractivity contribution in [2.75, 3.05) is 5.73 Å². The first-order valence-corrected chi connectivity index (χ1v) is 17.6. The van der Waals surface area contributed by atoms with Gasteiger partial charge in [0.15, 0.2) is 0 Å². The van der Waals surface area contributed by atoms with E-state index in [1.807, 2.05) is 0 Å². The van der Waals surface area contributed by atoms with Crippen LogP contribution in [0.3, 0.4) is 0 Å². The lowest BCUT2D eigenvalue weighted by Gasteiger charge is -2.09. The van der Waals surface area contributed by atoms with Crippen LogP contribution in [-0.2, 0) is 30.4 Å². The third-order valence-electron chi connectivity index (χ3n) is 7.17. The van der Waals surface area contributed by atoms with E-state index in [0.29, 0.717) is 38.6 Å². The average Bonchev–Trinajstić information content (AvgIpc) is 3.01. The standard InChI is InChI=1S/C30H21N5O9S3/c31-25-10-11-26(21-9-8-18(16-23(21)25)45(36,37)38)34-35-28-13-12-27(19-4-1-2-5-20(19)28)33-32-17-14-24-22(30(15-17)47(42,43)44)6-3-7-29(24)46(39,40)41/h1-16H,31H2,(H,36,37,38)(H,39,40,41)(H,42,43,44). The largest absolute Gasteiger partial charge is 0.398 e. The number of hydrogen-bond donors (Lipinski definition) is 4. The summed E-state index contributed by atoms with van der Waals surface area (Å²) in [7, 11) is -14.1. The predicted octanol–water partition coefficient (Wildman–Crippen LogP) is 7.30. The molecule has 0 saturated carbocycles. The number of nitrogens with zero attached hydrogens (tertiary/aromatic N) is 4. The zero-order chi connectivity index (χ0) is 33.7. The van der Waals surface area contributed by atoms with Crippen LogP contribution in [0.15, 0.2) is 132 Å². The summed E-state index contributed by atoms with van der Waals surface area (Å²) in [5, 5.41) is 18.8. The average molecular weight is 692 g/mol. The van der Waals surface area contributed by atoms with Gasteiger partial charge in [0, 0.05) is 38.0 Å². The Kier molecular flexibility index (Phi) is 7.83. The summed E-state index contributed by atoms with van der Waals surface area (Å²) in [5.74, 6) is 0. The fourth-order valence-electron chi connectivity index (χ4n) is 5.05. The number of benzene rings is 6. The second-order valence-electron chi connectivity index (χ2n) is 10.2. The van der Waals surface area contributed by atoms with Gasteiger partial charge < -0.3 is 5.73 Å². The van der Waals surface area contributed by atoms with Crippen LogP contribution >= 0.6 is 0 Å². The van der Waals surface area contributed by atoms with Gasteiger partial charge >= 0.3 is 0 Å². The van der Waals surface area contributed by atoms with Crippen molar-refractivity contribution in [1.82, 2.24) is 0 Å². The Hall–Kier alpha value is -5.17. The summed E-state index contributed by atoms with van der Waals surface area (Å²) < 4.78 is 100. The molecule has 14 nitrogen and oxygen atoms in total. The van der Waals surface area contributed by atoms with Gasteiger partial charge in [-0.2, -0.15) is 30.4 Å². The van der Waals surface area contributed by atoms with E-state index >= 15 is 0 Å². The first-order valence-electron chi connectivity index (χ1n) is 13.3.